The molecule has 0 saturated carbocycles. The maximum absolute atomic E-state index is 10.6. The van der Waals surface area contributed by atoms with Crippen molar-refractivity contribution in [1.29, 1.82) is 0 Å². The summed E-state index contributed by atoms with van der Waals surface area (Å²) in [5, 5.41) is 10.6. The topological polar surface area (TPSA) is 61.6 Å². The maximum atomic E-state index is 10.6. The molecule has 0 N–H and O–H groups in total. The lowest BCUT2D eigenvalue weighted by molar-refractivity contribution is -0.385. The molecular weight excluding hydrogens is 246 g/mol. The van der Waals surface area contributed by atoms with Crippen molar-refractivity contribution < 1.29 is 14.4 Å². The number of unbranched alkanes of at least 4 members (excludes halogenated alkanes) is 1. The Bertz CT molecular complexity index is 384. The van der Waals surface area contributed by atoms with Gasteiger partial charge in [0, 0.05) is 11.9 Å². The number of rotatable bonds is 7. The number of nitro benzene ring substituents is 1. The summed E-state index contributed by atoms with van der Waals surface area (Å²) in [5.41, 5.74) is -0.0156. The van der Waals surface area contributed by atoms with E-state index in [0.29, 0.717) is 24.0 Å². The minimum Gasteiger partial charge on any atom is -0.493 e. The van der Waals surface area contributed by atoms with Gasteiger partial charge in [0.2, 0.25) is 0 Å². The van der Waals surface area contributed by atoms with Crippen LogP contribution in [0.4, 0.5) is 5.69 Å². The zero-order valence-corrected chi connectivity index (χ0v) is 10.3. The van der Waals surface area contributed by atoms with Crippen LogP contribution < -0.4 is 9.47 Å². The largest absolute Gasteiger partial charge is 0.493 e. The third kappa shape index (κ3) is 4.11. The second kappa shape index (κ2) is 6.96. The molecule has 0 aliphatic carbocycles. The van der Waals surface area contributed by atoms with E-state index in [2.05, 4.69) is 0 Å². The highest BCUT2D eigenvalue weighted by molar-refractivity contribution is 6.17. The Labute approximate surface area is 104 Å². The van der Waals surface area contributed by atoms with Crippen LogP contribution in [-0.2, 0) is 0 Å². The third-order valence-corrected chi connectivity index (χ3v) is 2.41. The van der Waals surface area contributed by atoms with Crippen LogP contribution in [0.5, 0.6) is 11.5 Å². The highest BCUT2D eigenvalue weighted by atomic mass is 35.5. The summed E-state index contributed by atoms with van der Waals surface area (Å²) in [6, 6.07) is 4.26. The van der Waals surface area contributed by atoms with Crippen molar-refractivity contribution in [3.8, 4) is 11.5 Å². The van der Waals surface area contributed by atoms with Gasteiger partial charge < -0.3 is 9.47 Å². The molecule has 0 aliphatic rings. The van der Waals surface area contributed by atoms with Gasteiger partial charge in [-0.2, -0.15) is 0 Å². The molecule has 0 aromatic heterocycles. The average Bonchev–Trinajstić information content (AvgIpc) is 2.34. The van der Waals surface area contributed by atoms with Crippen LogP contribution in [0.15, 0.2) is 18.2 Å². The van der Waals surface area contributed by atoms with Crippen LogP contribution in [0.3, 0.4) is 0 Å². The number of benzene rings is 1. The summed E-state index contributed by atoms with van der Waals surface area (Å²) < 4.78 is 10.5. The molecule has 0 aliphatic heterocycles. The van der Waals surface area contributed by atoms with Crippen LogP contribution >= 0.6 is 11.6 Å². The number of alkyl halides is 1. The normalized spacial score (nSPS) is 10.0. The number of hydrogen-bond donors (Lipinski definition) is 0. The Morgan fingerprint density at radius 2 is 2.12 bits per heavy atom. The second-order valence-corrected chi connectivity index (χ2v) is 3.71. The fourth-order valence-electron chi connectivity index (χ4n) is 1.27. The van der Waals surface area contributed by atoms with Crippen LogP contribution in [0.25, 0.3) is 0 Å². The second-order valence-electron chi connectivity index (χ2n) is 3.34. The van der Waals surface area contributed by atoms with Gasteiger partial charge in [-0.3, -0.25) is 10.1 Å². The van der Waals surface area contributed by atoms with Gasteiger partial charge in [0.25, 0.3) is 5.69 Å². The summed E-state index contributed by atoms with van der Waals surface area (Å²) in [6.45, 7) is 0.463. The zero-order chi connectivity index (χ0) is 12.7. The van der Waals surface area contributed by atoms with E-state index >= 15 is 0 Å². The van der Waals surface area contributed by atoms with Crippen LogP contribution in [0, 0.1) is 10.1 Å². The molecule has 0 spiro atoms. The van der Waals surface area contributed by atoms with Gasteiger partial charge in [0.1, 0.15) is 0 Å². The molecular formula is C11H14ClNO4. The molecule has 0 unspecified atom stereocenters. The van der Waals surface area contributed by atoms with Gasteiger partial charge in [-0.1, -0.05) is 0 Å². The predicted octanol–water partition coefficient (Wildman–Crippen LogP) is 3.00. The molecule has 0 atom stereocenters. The molecule has 0 fully saturated rings. The van der Waals surface area contributed by atoms with Gasteiger partial charge >= 0.3 is 0 Å². The first-order valence-corrected chi connectivity index (χ1v) is 5.73. The number of methoxy groups -OCH3 is 1. The zero-order valence-electron chi connectivity index (χ0n) is 9.52. The minimum atomic E-state index is -0.467. The van der Waals surface area contributed by atoms with Crippen molar-refractivity contribution in [3.05, 3.63) is 28.3 Å². The summed E-state index contributed by atoms with van der Waals surface area (Å²) in [7, 11) is 1.49. The van der Waals surface area contributed by atoms with Gasteiger partial charge in [-0.25, -0.2) is 0 Å². The Hall–Kier alpha value is -1.49. The number of nitro groups is 1. The Morgan fingerprint density at radius 3 is 2.71 bits per heavy atom. The van der Waals surface area contributed by atoms with Crippen LogP contribution in [0.2, 0.25) is 0 Å². The fourth-order valence-corrected chi connectivity index (χ4v) is 1.46. The Kier molecular flexibility index (Phi) is 5.56. The van der Waals surface area contributed by atoms with Gasteiger partial charge in [0.05, 0.1) is 24.7 Å². The predicted molar refractivity (Wildman–Crippen MR) is 65.1 cm³/mol. The van der Waals surface area contributed by atoms with Gasteiger partial charge in [0.15, 0.2) is 11.5 Å². The van der Waals surface area contributed by atoms with Crippen molar-refractivity contribution in [1.82, 2.24) is 0 Å². The minimum absolute atomic E-state index is 0.0156. The molecule has 0 amide bonds. The molecule has 0 heterocycles. The molecule has 1 aromatic carbocycles. The molecule has 17 heavy (non-hydrogen) atoms. The standard InChI is InChI=1S/C11H14ClNO4/c1-16-10-5-4-9(13(14)15)8-11(10)17-7-3-2-6-12/h4-5,8H,2-3,6-7H2,1H3. The first kappa shape index (κ1) is 13.6. The SMILES string of the molecule is COc1ccc([N+](=O)[O-])cc1OCCCCCl. The molecule has 0 saturated heterocycles. The maximum Gasteiger partial charge on any atom is 0.273 e. The van der Waals surface area contributed by atoms with Crippen molar-refractivity contribution in [3.63, 3.8) is 0 Å². The first-order chi connectivity index (χ1) is 8.19. The van der Waals surface area contributed by atoms with Crippen molar-refractivity contribution in [2.45, 2.75) is 12.8 Å². The van der Waals surface area contributed by atoms with E-state index in [4.69, 9.17) is 21.1 Å². The van der Waals surface area contributed by atoms with E-state index in [9.17, 15) is 10.1 Å². The molecule has 94 valence electrons. The molecule has 6 heteroatoms. The summed E-state index contributed by atoms with van der Waals surface area (Å²) >= 11 is 5.54. The summed E-state index contributed by atoms with van der Waals surface area (Å²) in [4.78, 5) is 10.2. The Morgan fingerprint density at radius 1 is 1.35 bits per heavy atom. The highest BCUT2D eigenvalue weighted by Gasteiger charge is 2.12. The number of halogens is 1. The van der Waals surface area contributed by atoms with E-state index in [1.165, 1.54) is 25.3 Å². The summed E-state index contributed by atoms with van der Waals surface area (Å²) in [6.07, 6.45) is 1.65. The molecule has 1 aromatic rings. The fraction of sp³-hybridized carbons (Fsp3) is 0.455. The monoisotopic (exact) mass is 259 g/mol. The number of nitrogens with zero attached hydrogens (tertiary/aromatic N) is 1. The van der Waals surface area contributed by atoms with Crippen molar-refractivity contribution in [2.75, 3.05) is 19.6 Å². The van der Waals surface area contributed by atoms with Gasteiger partial charge in [-0.15, -0.1) is 11.6 Å². The number of hydrogen-bond acceptors (Lipinski definition) is 4. The van der Waals surface area contributed by atoms with Gasteiger partial charge in [-0.05, 0) is 18.9 Å². The van der Waals surface area contributed by atoms with E-state index in [0.717, 1.165) is 12.8 Å². The molecule has 0 bridgehead atoms. The average molecular weight is 260 g/mol. The third-order valence-electron chi connectivity index (χ3n) is 2.14. The summed E-state index contributed by atoms with van der Waals surface area (Å²) in [5.74, 6) is 1.45. The smallest absolute Gasteiger partial charge is 0.273 e. The van der Waals surface area contributed by atoms with E-state index in [1.807, 2.05) is 0 Å². The van der Waals surface area contributed by atoms with E-state index in [1.54, 1.807) is 0 Å². The lowest BCUT2D eigenvalue weighted by Gasteiger charge is -2.09. The molecule has 5 nitrogen and oxygen atoms in total. The van der Waals surface area contributed by atoms with E-state index < -0.39 is 4.92 Å². The van der Waals surface area contributed by atoms with Crippen molar-refractivity contribution in [2.24, 2.45) is 0 Å². The first-order valence-electron chi connectivity index (χ1n) is 5.20. The highest BCUT2D eigenvalue weighted by Crippen LogP contribution is 2.31. The number of ether oxygens (including phenoxy) is 2. The Balaban J connectivity index is 2.72. The quantitative estimate of drug-likeness (QED) is 0.327. The number of non-ortho nitro benzene ring substituents is 1. The lowest BCUT2D eigenvalue weighted by Crippen LogP contribution is -2.00. The van der Waals surface area contributed by atoms with E-state index in [-0.39, 0.29) is 5.69 Å². The lowest BCUT2D eigenvalue weighted by atomic mass is 10.3. The van der Waals surface area contributed by atoms with Crippen LogP contribution in [-0.4, -0.2) is 24.5 Å². The molecule has 1 rings (SSSR count). The molecule has 0 radical (unpaired) electrons. The van der Waals surface area contributed by atoms with Crippen LogP contribution in [0.1, 0.15) is 12.8 Å². The van der Waals surface area contributed by atoms with Crippen molar-refractivity contribution >= 4 is 17.3 Å².